The molecule has 5 nitrogen and oxygen atoms in total. The van der Waals surface area contributed by atoms with Crippen molar-refractivity contribution < 1.29 is 18.8 Å². The molecular weight excluding hydrogens is 254 g/mol. The smallest absolute Gasteiger partial charge is 0.303 e. The number of carbonyl (C=O) groups is 1. The quantitative estimate of drug-likeness (QED) is 0.725. The van der Waals surface area contributed by atoms with Crippen LogP contribution >= 0.6 is 0 Å². The average molecular weight is 275 g/mol. The van der Waals surface area contributed by atoms with Crippen molar-refractivity contribution >= 4 is 16.8 Å². The van der Waals surface area contributed by atoms with E-state index in [1.54, 1.807) is 0 Å². The molecule has 0 aromatic carbocycles. The number of morpholine rings is 1. The van der Waals surface area contributed by atoms with E-state index in [4.69, 9.17) is 9.84 Å². The summed E-state index contributed by atoms with van der Waals surface area (Å²) in [5.74, 6) is 0.447. The van der Waals surface area contributed by atoms with Crippen molar-refractivity contribution in [2.24, 2.45) is 5.41 Å². The van der Waals surface area contributed by atoms with Crippen LogP contribution in [0.1, 0.15) is 19.3 Å². The zero-order valence-electron chi connectivity index (χ0n) is 10.6. The summed E-state index contributed by atoms with van der Waals surface area (Å²) < 4.78 is 17.2. The fraction of sp³-hybridized carbons (Fsp3) is 0.917. The van der Waals surface area contributed by atoms with E-state index in [0.717, 1.165) is 45.7 Å². The number of nitrogens with zero attached hydrogens (tertiary/aromatic N) is 1. The van der Waals surface area contributed by atoms with Gasteiger partial charge in [-0.15, -0.1) is 0 Å². The summed E-state index contributed by atoms with van der Waals surface area (Å²) in [6, 6.07) is 0. The molecule has 1 unspecified atom stereocenters. The summed E-state index contributed by atoms with van der Waals surface area (Å²) in [5.41, 5.74) is -0.151. The van der Waals surface area contributed by atoms with E-state index in [-0.39, 0.29) is 11.8 Å². The normalized spacial score (nSPS) is 24.7. The molecule has 2 rings (SSSR count). The Kier molecular flexibility index (Phi) is 4.75. The van der Waals surface area contributed by atoms with E-state index in [1.165, 1.54) is 0 Å². The molecule has 2 aliphatic rings. The summed E-state index contributed by atoms with van der Waals surface area (Å²) in [6.45, 7) is 4.18. The lowest BCUT2D eigenvalue weighted by Gasteiger charge is -2.26. The molecule has 1 heterocycles. The second-order valence-corrected chi connectivity index (χ2v) is 6.89. The van der Waals surface area contributed by atoms with Crippen molar-refractivity contribution in [2.75, 3.05) is 44.4 Å². The predicted octanol–water partition coefficient (Wildman–Crippen LogP) is 0.322. The first-order chi connectivity index (χ1) is 8.60. The Morgan fingerprint density at radius 1 is 1.33 bits per heavy atom. The molecule has 6 heteroatoms. The number of carboxylic acid groups (broad SMARTS) is 1. The van der Waals surface area contributed by atoms with Gasteiger partial charge in [0.1, 0.15) is 0 Å². The van der Waals surface area contributed by atoms with E-state index in [0.29, 0.717) is 11.5 Å². The highest BCUT2D eigenvalue weighted by atomic mass is 32.2. The third-order valence-electron chi connectivity index (χ3n) is 3.69. The molecule has 1 atom stereocenters. The molecule has 0 bridgehead atoms. The van der Waals surface area contributed by atoms with Gasteiger partial charge in [0.2, 0.25) is 0 Å². The molecular formula is C12H21NO4S. The van der Waals surface area contributed by atoms with Crippen LogP contribution in [0.25, 0.3) is 0 Å². The lowest BCUT2D eigenvalue weighted by Crippen LogP contribution is -2.38. The Morgan fingerprint density at radius 3 is 2.56 bits per heavy atom. The van der Waals surface area contributed by atoms with Gasteiger partial charge in [0.15, 0.2) is 0 Å². The van der Waals surface area contributed by atoms with Crippen LogP contribution in [0.5, 0.6) is 0 Å². The van der Waals surface area contributed by atoms with Crippen molar-refractivity contribution in [3.05, 3.63) is 0 Å². The first kappa shape index (κ1) is 14.0. The summed E-state index contributed by atoms with van der Waals surface area (Å²) in [4.78, 5) is 13.0. The van der Waals surface area contributed by atoms with Crippen LogP contribution in [0.15, 0.2) is 0 Å². The first-order valence-electron chi connectivity index (χ1n) is 6.47. The molecule has 1 saturated carbocycles. The average Bonchev–Trinajstić information content (AvgIpc) is 3.06. The van der Waals surface area contributed by atoms with Crippen molar-refractivity contribution in [1.29, 1.82) is 0 Å². The molecule has 1 N–H and O–H groups in total. The van der Waals surface area contributed by atoms with Crippen LogP contribution in [0.3, 0.4) is 0 Å². The first-order valence-corrected chi connectivity index (χ1v) is 7.95. The molecule has 104 valence electrons. The van der Waals surface area contributed by atoms with Crippen LogP contribution in [0.4, 0.5) is 0 Å². The Labute approximate surface area is 110 Å². The lowest BCUT2D eigenvalue weighted by atomic mass is 10.1. The van der Waals surface area contributed by atoms with Crippen molar-refractivity contribution in [2.45, 2.75) is 19.3 Å². The van der Waals surface area contributed by atoms with E-state index in [9.17, 15) is 9.00 Å². The van der Waals surface area contributed by atoms with E-state index in [2.05, 4.69) is 4.90 Å². The summed E-state index contributed by atoms with van der Waals surface area (Å²) in [7, 11) is -0.891. The fourth-order valence-corrected chi connectivity index (χ4v) is 4.02. The maximum Gasteiger partial charge on any atom is 0.303 e. The monoisotopic (exact) mass is 275 g/mol. The minimum Gasteiger partial charge on any atom is -0.481 e. The molecule has 0 amide bonds. The molecule has 0 aromatic rings. The number of rotatable bonds is 7. The van der Waals surface area contributed by atoms with Gasteiger partial charge in [-0.2, -0.15) is 0 Å². The minimum absolute atomic E-state index is 0.151. The van der Waals surface area contributed by atoms with Gasteiger partial charge in [-0.3, -0.25) is 13.9 Å². The highest BCUT2D eigenvalue weighted by molar-refractivity contribution is 7.85. The summed E-state index contributed by atoms with van der Waals surface area (Å²) in [5, 5.41) is 8.81. The number of hydrogen-bond donors (Lipinski definition) is 1. The zero-order chi connectivity index (χ0) is 13.0. The van der Waals surface area contributed by atoms with Gasteiger partial charge < -0.3 is 9.84 Å². The van der Waals surface area contributed by atoms with Gasteiger partial charge in [-0.25, -0.2) is 0 Å². The van der Waals surface area contributed by atoms with Gasteiger partial charge in [0.25, 0.3) is 0 Å². The van der Waals surface area contributed by atoms with Crippen LogP contribution in [-0.2, 0) is 20.3 Å². The third-order valence-corrected chi connectivity index (χ3v) is 5.26. The number of carboxylic acids is 1. The van der Waals surface area contributed by atoms with Crippen LogP contribution in [-0.4, -0.2) is 64.5 Å². The van der Waals surface area contributed by atoms with Crippen molar-refractivity contribution in [1.82, 2.24) is 4.90 Å². The minimum atomic E-state index is -0.891. The molecule has 1 saturated heterocycles. The molecule has 0 aromatic heterocycles. The van der Waals surface area contributed by atoms with Gasteiger partial charge in [-0.05, 0) is 18.3 Å². The maximum atomic E-state index is 12.0. The van der Waals surface area contributed by atoms with E-state index < -0.39 is 16.8 Å². The molecule has 18 heavy (non-hydrogen) atoms. The van der Waals surface area contributed by atoms with Crippen LogP contribution < -0.4 is 0 Å². The Bertz CT molecular complexity index is 324. The largest absolute Gasteiger partial charge is 0.481 e. The zero-order valence-corrected chi connectivity index (χ0v) is 11.4. The summed E-state index contributed by atoms with van der Waals surface area (Å²) in [6.07, 6.45) is 2.02. The highest BCUT2D eigenvalue weighted by Crippen LogP contribution is 2.49. The Morgan fingerprint density at radius 2 is 2.00 bits per heavy atom. The van der Waals surface area contributed by atoms with E-state index >= 15 is 0 Å². The van der Waals surface area contributed by atoms with Crippen LogP contribution in [0.2, 0.25) is 0 Å². The van der Waals surface area contributed by atoms with Crippen molar-refractivity contribution in [3.8, 4) is 0 Å². The van der Waals surface area contributed by atoms with Crippen molar-refractivity contribution in [3.63, 3.8) is 0 Å². The van der Waals surface area contributed by atoms with Gasteiger partial charge in [0, 0.05) is 41.9 Å². The van der Waals surface area contributed by atoms with E-state index in [1.807, 2.05) is 0 Å². The van der Waals surface area contributed by atoms with Crippen LogP contribution in [0, 0.1) is 5.41 Å². The maximum absolute atomic E-state index is 12.0. The third kappa shape index (κ3) is 4.33. The number of hydrogen-bond acceptors (Lipinski definition) is 4. The number of aliphatic carboxylic acids is 1. The standard InChI is InChI=1S/C12H21NO4S/c14-11(15)9-12(1-2-12)10-18(16)8-5-13-3-6-17-7-4-13/h1-10H2,(H,14,15). The summed E-state index contributed by atoms with van der Waals surface area (Å²) >= 11 is 0. The Balaban J connectivity index is 1.67. The molecule has 0 radical (unpaired) electrons. The molecule has 2 fully saturated rings. The second-order valence-electron chi connectivity index (χ2n) is 5.31. The number of ether oxygens (including phenoxy) is 1. The fourth-order valence-electron chi connectivity index (χ4n) is 2.34. The topological polar surface area (TPSA) is 66.8 Å². The lowest BCUT2D eigenvalue weighted by molar-refractivity contribution is -0.138. The Hall–Kier alpha value is -0.460. The highest BCUT2D eigenvalue weighted by Gasteiger charge is 2.45. The predicted molar refractivity (Wildman–Crippen MR) is 69.1 cm³/mol. The molecule has 1 aliphatic heterocycles. The van der Waals surface area contributed by atoms with Gasteiger partial charge >= 0.3 is 5.97 Å². The molecule has 0 spiro atoms. The van der Waals surface area contributed by atoms with Gasteiger partial charge in [0.05, 0.1) is 19.6 Å². The molecule has 1 aliphatic carbocycles. The SMILES string of the molecule is O=C(O)CC1(CS(=O)CCN2CCOCC2)CC1. The second kappa shape index (κ2) is 6.12. The van der Waals surface area contributed by atoms with Gasteiger partial charge in [-0.1, -0.05) is 0 Å².